The molecule has 10 nitrogen and oxygen atoms in total. The van der Waals surface area contributed by atoms with E-state index in [2.05, 4.69) is 15.6 Å². The van der Waals surface area contributed by atoms with Crippen LogP contribution < -0.4 is 30.4 Å². The van der Waals surface area contributed by atoms with E-state index in [1.54, 1.807) is 26.0 Å². The number of benzene rings is 1. The molecule has 1 atom stereocenters. The van der Waals surface area contributed by atoms with Gasteiger partial charge in [-0.15, -0.1) is 0 Å². The molecule has 2 aromatic rings. The van der Waals surface area contributed by atoms with Crippen molar-refractivity contribution >= 4 is 23.6 Å². The highest BCUT2D eigenvalue weighted by Crippen LogP contribution is 2.44. The maximum Gasteiger partial charge on any atom is 0.407 e. The number of H-pyrrole nitrogens is 1. The maximum atomic E-state index is 13.2. The zero-order chi connectivity index (χ0) is 29.2. The van der Waals surface area contributed by atoms with Gasteiger partial charge < -0.3 is 34.6 Å². The van der Waals surface area contributed by atoms with Crippen LogP contribution in [0.5, 0.6) is 17.2 Å². The highest BCUT2D eigenvalue weighted by Gasteiger charge is 2.35. The quantitative estimate of drug-likeness (QED) is 0.451. The van der Waals surface area contributed by atoms with E-state index in [9.17, 15) is 14.4 Å². The lowest BCUT2D eigenvalue weighted by Gasteiger charge is -2.37. The van der Waals surface area contributed by atoms with Gasteiger partial charge in [0.05, 0.1) is 24.2 Å². The zero-order valence-corrected chi connectivity index (χ0v) is 24.6. The van der Waals surface area contributed by atoms with Gasteiger partial charge >= 0.3 is 6.09 Å². The number of carbonyl (C=O) groups excluding carboxylic acids is 2. The molecule has 1 saturated carbocycles. The van der Waals surface area contributed by atoms with Crippen LogP contribution in [0.15, 0.2) is 16.9 Å². The van der Waals surface area contributed by atoms with Gasteiger partial charge in [-0.05, 0) is 78.4 Å². The fourth-order valence-electron chi connectivity index (χ4n) is 5.21. The largest absolute Gasteiger partial charge is 0.496 e. The molecule has 1 aromatic heterocycles. The van der Waals surface area contributed by atoms with Crippen LogP contribution in [0.1, 0.15) is 73.6 Å². The summed E-state index contributed by atoms with van der Waals surface area (Å²) < 4.78 is 23.1. The molecular formula is C29H38ClN3O7. The van der Waals surface area contributed by atoms with E-state index in [1.165, 1.54) is 7.11 Å². The molecule has 1 aliphatic heterocycles. The Morgan fingerprint density at radius 3 is 2.48 bits per heavy atom. The Bertz CT molecular complexity index is 1330. The minimum atomic E-state index is -0.540. The Morgan fingerprint density at radius 1 is 1.12 bits per heavy atom. The number of hydrogen-bond acceptors (Lipinski definition) is 7. The average molecular weight is 576 g/mol. The molecule has 0 bridgehead atoms. The molecule has 1 unspecified atom stereocenters. The monoisotopic (exact) mass is 575 g/mol. The predicted octanol–water partition coefficient (Wildman–Crippen LogP) is 4.81. The summed E-state index contributed by atoms with van der Waals surface area (Å²) in [6.45, 7) is 9.40. The maximum absolute atomic E-state index is 13.2. The van der Waals surface area contributed by atoms with Crippen LogP contribution in [0.4, 0.5) is 4.79 Å². The molecule has 2 aliphatic rings. The van der Waals surface area contributed by atoms with Gasteiger partial charge in [-0.2, -0.15) is 0 Å². The fourth-order valence-corrected chi connectivity index (χ4v) is 5.46. The molecule has 1 aromatic carbocycles. The Labute approximate surface area is 239 Å². The van der Waals surface area contributed by atoms with E-state index in [4.69, 9.17) is 30.5 Å². The first kappa shape index (κ1) is 29.6. The van der Waals surface area contributed by atoms with Crippen molar-refractivity contribution in [2.45, 2.75) is 84.6 Å². The lowest BCUT2D eigenvalue weighted by Crippen LogP contribution is -2.44. The van der Waals surface area contributed by atoms with Gasteiger partial charge in [0, 0.05) is 22.9 Å². The van der Waals surface area contributed by atoms with Gasteiger partial charge in [-0.3, -0.25) is 9.59 Å². The lowest BCUT2D eigenvalue weighted by atomic mass is 9.82. The summed E-state index contributed by atoms with van der Waals surface area (Å²) in [7, 11) is 1.48. The summed E-state index contributed by atoms with van der Waals surface area (Å²) in [6, 6.07) is 3.31. The summed E-state index contributed by atoms with van der Waals surface area (Å²) >= 11 is 6.51. The number of aromatic amines is 1. The molecule has 218 valence electrons. The third-order valence-corrected chi connectivity index (χ3v) is 7.52. The first-order valence-electron chi connectivity index (χ1n) is 13.5. The summed E-state index contributed by atoms with van der Waals surface area (Å²) in [6.07, 6.45) is 2.70. The highest BCUT2D eigenvalue weighted by atomic mass is 35.5. The molecule has 3 N–H and O–H groups in total. The van der Waals surface area contributed by atoms with Crippen molar-refractivity contribution in [2.24, 2.45) is 5.92 Å². The second-order valence-corrected chi connectivity index (χ2v) is 11.8. The number of ether oxygens (including phenoxy) is 4. The van der Waals surface area contributed by atoms with Gasteiger partial charge in [-0.25, -0.2) is 4.79 Å². The van der Waals surface area contributed by atoms with E-state index in [-0.39, 0.29) is 35.2 Å². The molecular weight excluding hydrogens is 538 g/mol. The Hall–Kier alpha value is -3.40. The predicted molar refractivity (Wildman–Crippen MR) is 151 cm³/mol. The number of amides is 2. The lowest BCUT2D eigenvalue weighted by molar-refractivity contribution is 0.0261. The van der Waals surface area contributed by atoms with Gasteiger partial charge in [0.2, 0.25) is 0 Å². The number of alkyl carbamates (subject to hydrolysis) is 1. The summed E-state index contributed by atoms with van der Waals surface area (Å²) in [5.41, 5.74) is 1.05. The van der Waals surface area contributed by atoms with Crippen molar-refractivity contribution in [3.8, 4) is 17.2 Å². The van der Waals surface area contributed by atoms with E-state index < -0.39 is 17.6 Å². The Morgan fingerprint density at radius 2 is 1.82 bits per heavy atom. The highest BCUT2D eigenvalue weighted by molar-refractivity contribution is 6.32. The van der Waals surface area contributed by atoms with Crippen molar-refractivity contribution in [1.82, 2.24) is 15.6 Å². The smallest absolute Gasteiger partial charge is 0.407 e. The SMILES string of the molecule is COc1cc(C)[nH]c(=O)c1CNC(=O)c1cc(Cl)c2c(c1C)OC(C1CCC(NC(=O)OC(C)(C)C)CC1)CO2. The number of rotatable bonds is 6. The van der Waals surface area contributed by atoms with Gasteiger partial charge in [0.15, 0.2) is 11.5 Å². The van der Waals surface area contributed by atoms with Crippen molar-refractivity contribution < 1.29 is 28.5 Å². The van der Waals surface area contributed by atoms with Gasteiger partial charge in [0.25, 0.3) is 11.5 Å². The average Bonchev–Trinajstić information content (AvgIpc) is 2.88. The molecule has 0 saturated heterocycles. The number of fused-ring (bicyclic) bond motifs is 1. The van der Waals surface area contributed by atoms with E-state index in [1.807, 2.05) is 20.8 Å². The second-order valence-electron chi connectivity index (χ2n) is 11.4. The van der Waals surface area contributed by atoms with Crippen LogP contribution in [0.25, 0.3) is 0 Å². The van der Waals surface area contributed by atoms with Crippen molar-refractivity contribution in [3.63, 3.8) is 0 Å². The molecule has 1 fully saturated rings. The number of aryl methyl sites for hydroxylation is 1. The molecule has 0 spiro atoms. The van der Waals surface area contributed by atoms with Crippen molar-refractivity contribution in [2.75, 3.05) is 13.7 Å². The number of halogens is 1. The Balaban J connectivity index is 1.41. The van der Waals surface area contributed by atoms with Crippen LogP contribution >= 0.6 is 11.6 Å². The number of aromatic nitrogens is 1. The van der Waals surface area contributed by atoms with Crippen LogP contribution in [0.2, 0.25) is 5.02 Å². The van der Waals surface area contributed by atoms with Crippen LogP contribution in [-0.2, 0) is 11.3 Å². The van der Waals surface area contributed by atoms with Crippen LogP contribution in [0.3, 0.4) is 0 Å². The number of hydrogen-bond donors (Lipinski definition) is 3. The van der Waals surface area contributed by atoms with E-state index >= 15 is 0 Å². The number of nitrogens with one attached hydrogen (secondary N) is 3. The normalized spacial score (nSPS) is 20.4. The number of carbonyl (C=O) groups is 2. The first-order valence-corrected chi connectivity index (χ1v) is 13.9. The fraction of sp³-hybridized carbons (Fsp3) is 0.552. The molecule has 2 heterocycles. The van der Waals surface area contributed by atoms with E-state index in [0.717, 1.165) is 25.7 Å². The minimum Gasteiger partial charge on any atom is -0.496 e. The molecule has 4 rings (SSSR count). The topological polar surface area (TPSA) is 128 Å². The molecule has 1 aliphatic carbocycles. The zero-order valence-electron chi connectivity index (χ0n) is 23.9. The summed E-state index contributed by atoms with van der Waals surface area (Å²) in [4.78, 5) is 40.5. The minimum absolute atomic E-state index is 0.0215. The number of methoxy groups -OCH3 is 1. The van der Waals surface area contributed by atoms with Gasteiger partial charge in [-0.1, -0.05) is 11.6 Å². The molecule has 40 heavy (non-hydrogen) atoms. The van der Waals surface area contributed by atoms with Crippen LogP contribution in [0, 0.1) is 19.8 Å². The summed E-state index contributed by atoms with van der Waals surface area (Å²) in [5.74, 6) is 1.10. The third-order valence-electron chi connectivity index (χ3n) is 7.24. The molecule has 11 heteroatoms. The van der Waals surface area contributed by atoms with Crippen molar-refractivity contribution in [3.05, 3.63) is 49.9 Å². The second kappa shape index (κ2) is 12.0. The van der Waals surface area contributed by atoms with Gasteiger partial charge in [0.1, 0.15) is 24.1 Å². The summed E-state index contributed by atoms with van der Waals surface area (Å²) in [5, 5.41) is 6.04. The molecule has 0 radical (unpaired) electrons. The van der Waals surface area contributed by atoms with Crippen molar-refractivity contribution in [1.29, 1.82) is 0 Å². The Kier molecular flexibility index (Phi) is 8.87. The van der Waals surface area contributed by atoms with E-state index in [0.29, 0.717) is 46.2 Å². The third kappa shape index (κ3) is 6.83. The molecule has 2 amide bonds. The standard InChI is InChI=1S/C29H38ClN3O7/c1-15-11-22(37-6)20(27(35)32-15)13-31-26(34)19-12-21(30)25-24(16(19)2)39-23(14-38-25)17-7-9-18(10-8-17)33-28(36)40-29(3,4)5/h11-12,17-18,23H,7-10,13-14H2,1-6H3,(H,31,34)(H,32,35)(H,33,36). The van der Waals surface area contributed by atoms with Crippen LogP contribution in [-0.4, -0.2) is 48.4 Å². The number of pyridine rings is 1. The first-order chi connectivity index (χ1) is 18.9.